The summed E-state index contributed by atoms with van der Waals surface area (Å²) in [6.45, 7) is 0.816. The maximum atomic E-state index is 4.94. The molecule has 62 valence electrons. The van der Waals surface area contributed by atoms with Gasteiger partial charge in [-0.2, -0.15) is 0 Å². The molecule has 0 saturated carbocycles. The molecule has 0 aliphatic heterocycles. The van der Waals surface area contributed by atoms with Gasteiger partial charge in [-0.1, -0.05) is 0 Å². The summed E-state index contributed by atoms with van der Waals surface area (Å²) in [5.41, 5.74) is 1.14. The van der Waals surface area contributed by atoms with Crippen molar-refractivity contribution in [2.45, 2.75) is 12.8 Å². The van der Waals surface area contributed by atoms with Crippen LogP contribution in [0.15, 0.2) is 12.5 Å². The molecule has 0 N–H and O–H groups in total. The minimum atomic E-state index is 0.816. The molecule has 11 heavy (non-hydrogen) atoms. The van der Waals surface area contributed by atoms with Crippen LogP contribution in [0.25, 0.3) is 0 Å². The molecule has 0 aliphatic rings. The van der Waals surface area contributed by atoms with Gasteiger partial charge in [-0.15, -0.1) is 0 Å². The molecule has 0 amide bonds. The predicted octanol–water partition coefficient (Wildman–Crippen LogP) is 0.999. The lowest BCUT2D eigenvalue weighted by molar-refractivity contribution is 0.195. The van der Waals surface area contributed by atoms with Crippen LogP contribution in [0.1, 0.15) is 12.1 Å². The Hall–Kier alpha value is -0.830. The van der Waals surface area contributed by atoms with Crippen molar-refractivity contribution in [2.75, 3.05) is 13.7 Å². The number of aryl methyl sites for hydroxylation is 2. The summed E-state index contributed by atoms with van der Waals surface area (Å²) < 4.78 is 6.90. The summed E-state index contributed by atoms with van der Waals surface area (Å²) in [7, 11) is 3.70. The van der Waals surface area contributed by atoms with E-state index in [1.807, 2.05) is 24.1 Å². The normalized spacial score (nSPS) is 10.4. The maximum Gasteiger partial charge on any atom is 0.0946 e. The van der Waals surface area contributed by atoms with Gasteiger partial charge in [0.2, 0.25) is 0 Å². The van der Waals surface area contributed by atoms with Crippen LogP contribution in [0.4, 0.5) is 0 Å². The van der Waals surface area contributed by atoms with Gasteiger partial charge in [0.15, 0.2) is 0 Å². The van der Waals surface area contributed by atoms with Crippen LogP contribution in [-0.2, 0) is 18.2 Å². The molecule has 1 rings (SSSR count). The number of hydrogen-bond donors (Lipinski definition) is 0. The molecular formula is C8H14N2O. The van der Waals surface area contributed by atoms with Crippen molar-refractivity contribution >= 4 is 0 Å². The van der Waals surface area contributed by atoms with Crippen LogP contribution in [0, 0.1) is 0 Å². The number of aromatic nitrogens is 2. The second kappa shape index (κ2) is 4.13. The van der Waals surface area contributed by atoms with Gasteiger partial charge in [0.25, 0.3) is 0 Å². The highest BCUT2D eigenvalue weighted by Gasteiger charge is 1.94. The van der Waals surface area contributed by atoms with E-state index in [0.29, 0.717) is 0 Å². The maximum absolute atomic E-state index is 4.94. The number of methoxy groups -OCH3 is 1. The third-order valence-electron chi connectivity index (χ3n) is 1.54. The molecule has 0 aromatic carbocycles. The molecule has 3 nitrogen and oxygen atoms in total. The second-order valence-electron chi connectivity index (χ2n) is 2.63. The fourth-order valence-corrected chi connectivity index (χ4v) is 0.994. The molecule has 0 spiro atoms. The Balaban J connectivity index is 2.27. The number of ether oxygens (including phenoxy) is 1. The van der Waals surface area contributed by atoms with Crippen molar-refractivity contribution in [3.8, 4) is 0 Å². The first-order chi connectivity index (χ1) is 5.33. The summed E-state index contributed by atoms with van der Waals surface area (Å²) in [5.74, 6) is 0. The van der Waals surface area contributed by atoms with E-state index in [-0.39, 0.29) is 0 Å². The van der Waals surface area contributed by atoms with Gasteiger partial charge in [0, 0.05) is 27.0 Å². The Morgan fingerprint density at radius 1 is 1.64 bits per heavy atom. The summed E-state index contributed by atoms with van der Waals surface area (Å²) in [5, 5.41) is 0. The van der Waals surface area contributed by atoms with Crippen molar-refractivity contribution in [3.63, 3.8) is 0 Å². The lowest BCUT2D eigenvalue weighted by atomic mass is 10.3. The molecule has 0 unspecified atom stereocenters. The van der Waals surface area contributed by atoms with E-state index in [9.17, 15) is 0 Å². The second-order valence-corrected chi connectivity index (χ2v) is 2.63. The molecule has 0 fully saturated rings. The first-order valence-electron chi connectivity index (χ1n) is 3.78. The molecule has 0 aliphatic carbocycles. The number of imidazole rings is 1. The van der Waals surface area contributed by atoms with Crippen LogP contribution >= 0.6 is 0 Å². The summed E-state index contributed by atoms with van der Waals surface area (Å²) >= 11 is 0. The molecule has 0 saturated heterocycles. The van der Waals surface area contributed by atoms with Crippen molar-refractivity contribution in [1.82, 2.24) is 9.55 Å². The zero-order valence-electron chi connectivity index (χ0n) is 7.08. The summed E-state index contributed by atoms with van der Waals surface area (Å²) in [6.07, 6.45) is 5.92. The highest BCUT2D eigenvalue weighted by atomic mass is 16.5. The lowest BCUT2D eigenvalue weighted by Crippen LogP contribution is -1.92. The van der Waals surface area contributed by atoms with E-state index in [0.717, 1.165) is 25.1 Å². The number of rotatable bonds is 4. The van der Waals surface area contributed by atoms with E-state index in [2.05, 4.69) is 4.98 Å². The van der Waals surface area contributed by atoms with Crippen LogP contribution in [0.3, 0.4) is 0 Å². The van der Waals surface area contributed by atoms with E-state index in [4.69, 9.17) is 4.74 Å². The Bertz CT molecular complexity index is 208. The Labute approximate surface area is 67.0 Å². The van der Waals surface area contributed by atoms with E-state index in [1.54, 1.807) is 7.11 Å². The van der Waals surface area contributed by atoms with Crippen LogP contribution in [0.5, 0.6) is 0 Å². The molecular weight excluding hydrogens is 140 g/mol. The molecule has 1 heterocycles. The predicted molar refractivity (Wildman–Crippen MR) is 43.4 cm³/mol. The van der Waals surface area contributed by atoms with Gasteiger partial charge >= 0.3 is 0 Å². The Morgan fingerprint density at radius 2 is 2.45 bits per heavy atom. The minimum absolute atomic E-state index is 0.816. The van der Waals surface area contributed by atoms with Crippen LogP contribution in [-0.4, -0.2) is 23.3 Å². The monoisotopic (exact) mass is 154 g/mol. The lowest BCUT2D eigenvalue weighted by Gasteiger charge is -1.94. The van der Waals surface area contributed by atoms with Crippen molar-refractivity contribution in [2.24, 2.45) is 7.05 Å². The third kappa shape index (κ3) is 2.72. The Morgan fingerprint density at radius 3 is 3.00 bits per heavy atom. The molecule has 3 heteroatoms. The highest BCUT2D eigenvalue weighted by Crippen LogP contribution is 1.98. The fourth-order valence-electron chi connectivity index (χ4n) is 0.994. The summed E-state index contributed by atoms with van der Waals surface area (Å²) in [4.78, 5) is 4.19. The number of nitrogens with zero attached hydrogens (tertiary/aromatic N) is 2. The quantitative estimate of drug-likeness (QED) is 0.605. The highest BCUT2D eigenvalue weighted by molar-refractivity contribution is 4.95. The van der Waals surface area contributed by atoms with Gasteiger partial charge in [-0.3, -0.25) is 0 Å². The summed E-state index contributed by atoms with van der Waals surface area (Å²) in [6, 6.07) is 0. The zero-order chi connectivity index (χ0) is 8.10. The van der Waals surface area contributed by atoms with Gasteiger partial charge < -0.3 is 9.30 Å². The molecule has 0 atom stereocenters. The fraction of sp³-hybridized carbons (Fsp3) is 0.625. The van der Waals surface area contributed by atoms with Gasteiger partial charge in [-0.05, 0) is 12.8 Å². The SMILES string of the molecule is COCCCc1cn(C)cn1. The van der Waals surface area contributed by atoms with E-state index >= 15 is 0 Å². The standard InChI is InChI=1S/C8H14N2O/c1-10-6-8(9-7-10)4-3-5-11-2/h6-7H,3-5H2,1-2H3. The zero-order valence-corrected chi connectivity index (χ0v) is 7.08. The van der Waals surface area contributed by atoms with Crippen molar-refractivity contribution in [3.05, 3.63) is 18.2 Å². The first kappa shape index (κ1) is 8.27. The van der Waals surface area contributed by atoms with Gasteiger partial charge in [0.1, 0.15) is 0 Å². The average molecular weight is 154 g/mol. The van der Waals surface area contributed by atoms with E-state index in [1.165, 1.54) is 0 Å². The largest absolute Gasteiger partial charge is 0.385 e. The van der Waals surface area contributed by atoms with Gasteiger partial charge in [0.05, 0.1) is 12.0 Å². The molecule has 0 radical (unpaired) electrons. The minimum Gasteiger partial charge on any atom is -0.385 e. The topological polar surface area (TPSA) is 27.1 Å². The third-order valence-corrected chi connectivity index (χ3v) is 1.54. The smallest absolute Gasteiger partial charge is 0.0946 e. The first-order valence-corrected chi connectivity index (χ1v) is 3.78. The van der Waals surface area contributed by atoms with Crippen molar-refractivity contribution < 1.29 is 4.74 Å². The van der Waals surface area contributed by atoms with Crippen molar-refractivity contribution in [1.29, 1.82) is 0 Å². The Kier molecular flexibility index (Phi) is 3.11. The molecule has 0 bridgehead atoms. The average Bonchev–Trinajstić information content (AvgIpc) is 2.37. The van der Waals surface area contributed by atoms with Gasteiger partial charge in [-0.25, -0.2) is 4.98 Å². The van der Waals surface area contributed by atoms with Crippen LogP contribution in [0.2, 0.25) is 0 Å². The molecule has 1 aromatic rings. The van der Waals surface area contributed by atoms with Crippen LogP contribution < -0.4 is 0 Å². The number of hydrogen-bond acceptors (Lipinski definition) is 2. The van der Waals surface area contributed by atoms with E-state index < -0.39 is 0 Å². The molecule has 1 aromatic heterocycles.